The third-order valence-electron chi connectivity index (χ3n) is 5.60. The molecule has 31 heavy (non-hydrogen) atoms. The number of H-pyrrole nitrogens is 1. The number of hydrogen-bond acceptors (Lipinski definition) is 4. The Hall–Kier alpha value is -3.35. The highest BCUT2D eigenvalue weighted by Crippen LogP contribution is 2.24. The molecule has 1 aliphatic rings. The summed E-state index contributed by atoms with van der Waals surface area (Å²) in [6.45, 7) is 1.61. The molecule has 6 nitrogen and oxygen atoms in total. The normalized spacial score (nSPS) is 16.2. The number of amides is 1. The van der Waals surface area contributed by atoms with Crippen LogP contribution in [0.3, 0.4) is 0 Å². The van der Waals surface area contributed by atoms with Gasteiger partial charge in [-0.3, -0.25) is 9.89 Å². The molecular weight excluding hydrogens is 395 g/mol. The number of benzene rings is 2. The number of aryl methyl sites for hydroxylation is 1. The Labute approximate surface area is 181 Å². The van der Waals surface area contributed by atoms with Crippen molar-refractivity contribution in [3.05, 3.63) is 66.0 Å². The summed E-state index contributed by atoms with van der Waals surface area (Å²) in [4.78, 5) is 14.7. The van der Waals surface area contributed by atoms with Gasteiger partial charge in [-0.15, -0.1) is 0 Å². The molecule has 2 N–H and O–H groups in total. The third-order valence-corrected chi connectivity index (χ3v) is 5.60. The van der Waals surface area contributed by atoms with Crippen molar-refractivity contribution in [1.82, 2.24) is 15.5 Å². The van der Waals surface area contributed by atoms with Crippen molar-refractivity contribution in [2.24, 2.45) is 0 Å². The largest absolute Gasteiger partial charge is 0.497 e. The molecule has 1 atom stereocenters. The van der Waals surface area contributed by atoms with E-state index in [2.05, 4.69) is 20.4 Å². The molecule has 1 aromatic heterocycles. The van der Waals surface area contributed by atoms with Gasteiger partial charge in [-0.2, -0.15) is 5.10 Å². The zero-order chi connectivity index (χ0) is 21.6. The second-order valence-electron chi connectivity index (χ2n) is 7.85. The molecule has 4 rings (SSSR count). The average molecular weight is 423 g/mol. The van der Waals surface area contributed by atoms with Crippen LogP contribution in [0.5, 0.6) is 5.75 Å². The number of hydrogen-bond donors (Lipinski definition) is 2. The summed E-state index contributed by atoms with van der Waals surface area (Å²) >= 11 is 0. The van der Waals surface area contributed by atoms with Crippen LogP contribution in [0, 0.1) is 5.82 Å². The molecule has 0 saturated carbocycles. The van der Waals surface area contributed by atoms with Crippen molar-refractivity contribution in [3.63, 3.8) is 0 Å². The lowest BCUT2D eigenvalue weighted by atomic mass is 10.0. The summed E-state index contributed by atoms with van der Waals surface area (Å²) in [5, 5.41) is 10.6. The van der Waals surface area contributed by atoms with Gasteiger partial charge in [-0.05, 0) is 66.8 Å². The summed E-state index contributed by atoms with van der Waals surface area (Å²) in [5.74, 6) is 1.45. The van der Waals surface area contributed by atoms with E-state index < -0.39 is 0 Å². The number of aromatic amines is 1. The highest BCUT2D eigenvalue weighted by molar-refractivity contribution is 5.76. The maximum absolute atomic E-state index is 13.2. The van der Waals surface area contributed by atoms with Crippen molar-refractivity contribution in [3.8, 4) is 17.0 Å². The van der Waals surface area contributed by atoms with E-state index >= 15 is 0 Å². The second-order valence-corrected chi connectivity index (χ2v) is 7.85. The van der Waals surface area contributed by atoms with E-state index in [1.807, 2.05) is 30.3 Å². The smallest absolute Gasteiger partial charge is 0.220 e. The SMILES string of the molecule is COc1cccc(CCC(=O)N[C@@H]2CCCN(c3cc(-c4ccc(F)cc4)[nH]n3)C2)c1. The van der Waals surface area contributed by atoms with Crippen LogP contribution in [0.4, 0.5) is 10.2 Å². The fraction of sp³-hybridized carbons (Fsp3) is 0.333. The van der Waals surface area contributed by atoms with E-state index in [9.17, 15) is 9.18 Å². The summed E-state index contributed by atoms with van der Waals surface area (Å²) < 4.78 is 18.4. The third kappa shape index (κ3) is 5.42. The standard InChI is InChI=1S/C24H27FN4O2/c1-31-21-6-2-4-17(14-21)7-12-24(30)26-20-5-3-13-29(16-20)23-15-22(27-28-23)18-8-10-19(25)11-9-18/h2,4,6,8-11,14-15,20H,3,5,7,12-13,16H2,1H3,(H,26,30)(H,27,28)/t20-/m1/s1. The minimum absolute atomic E-state index is 0.0590. The number of carbonyl (C=O) groups excluding carboxylic acids is 1. The Morgan fingerprint density at radius 2 is 2.10 bits per heavy atom. The molecule has 7 heteroatoms. The molecule has 1 amide bonds. The topological polar surface area (TPSA) is 70.2 Å². The van der Waals surface area contributed by atoms with Crippen molar-refractivity contribution in [2.75, 3.05) is 25.1 Å². The van der Waals surface area contributed by atoms with E-state index in [1.54, 1.807) is 19.2 Å². The van der Waals surface area contributed by atoms with E-state index in [0.29, 0.717) is 12.8 Å². The first kappa shape index (κ1) is 20.9. The Morgan fingerprint density at radius 3 is 2.90 bits per heavy atom. The molecule has 0 spiro atoms. The summed E-state index contributed by atoms with van der Waals surface area (Å²) in [6.07, 6.45) is 3.07. The first-order chi connectivity index (χ1) is 15.1. The molecule has 0 aliphatic carbocycles. The van der Waals surface area contributed by atoms with Crippen molar-refractivity contribution in [1.29, 1.82) is 0 Å². The first-order valence-electron chi connectivity index (χ1n) is 10.6. The Kier molecular flexibility index (Phi) is 6.50. The number of piperidine rings is 1. The number of methoxy groups -OCH3 is 1. The summed E-state index contributed by atoms with van der Waals surface area (Å²) in [6, 6.07) is 16.2. The Morgan fingerprint density at radius 1 is 1.26 bits per heavy atom. The monoisotopic (exact) mass is 422 g/mol. The van der Waals surface area contributed by atoms with E-state index in [4.69, 9.17) is 4.74 Å². The predicted octanol–water partition coefficient (Wildman–Crippen LogP) is 3.94. The number of rotatable bonds is 7. The molecule has 2 heterocycles. The maximum Gasteiger partial charge on any atom is 0.220 e. The number of ether oxygens (including phenoxy) is 1. The molecule has 1 saturated heterocycles. The van der Waals surface area contributed by atoms with Crippen molar-refractivity contribution < 1.29 is 13.9 Å². The van der Waals surface area contributed by atoms with Gasteiger partial charge in [0.25, 0.3) is 0 Å². The number of anilines is 1. The summed E-state index contributed by atoms with van der Waals surface area (Å²) in [7, 11) is 1.64. The minimum Gasteiger partial charge on any atom is -0.497 e. The van der Waals surface area contributed by atoms with Crippen LogP contribution in [-0.4, -0.2) is 42.3 Å². The van der Waals surface area contributed by atoms with Crippen LogP contribution in [-0.2, 0) is 11.2 Å². The van der Waals surface area contributed by atoms with Gasteiger partial charge in [0.1, 0.15) is 11.6 Å². The summed E-state index contributed by atoms with van der Waals surface area (Å²) in [5.41, 5.74) is 2.82. The lowest BCUT2D eigenvalue weighted by Gasteiger charge is -2.33. The van der Waals surface area contributed by atoms with Crippen molar-refractivity contribution >= 4 is 11.7 Å². The van der Waals surface area contributed by atoms with Crippen LogP contribution in [0.1, 0.15) is 24.8 Å². The highest BCUT2D eigenvalue weighted by Gasteiger charge is 2.23. The zero-order valence-corrected chi connectivity index (χ0v) is 17.6. The molecule has 2 aromatic carbocycles. The quantitative estimate of drug-likeness (QED) is 0.605. The molecule has 1 aliphatic heterocycles. The molecule has 0 unspecified atom stereocenters. The van der Waals surface area contributed by atoms with Gasteiger partial charge in [-0.1, -0.05) is 12.1 Å². The lowest BCUT2D eigenvalue weighted by molar-refractivity contribution is -0.121. The maximum atomic E-state index is 13.2. The number of nitrogens with one attached hydrogen (secondary N) is 2. The second kappa shape index (κ2) is 9.64. The Balaban J connectivity index is 1.31. The van der Waals surface area contributed by atoms with E-state index in [-0.39, 0.29) is 17.8 Å². The van der Waals surface area contributed by atoms with Crippen molar-refractivity contribution in [2.45, 2.75) is 31.7 Å². The fourth-order valence-electron chi connectivity index (χ4n) is 3.94. The molecular formula is C24H27FN4O2. The molecule has 0 bridgehead atoms. The number of nitrogens with zero attached hydrogens (tertiary/aromatic N) is 2. The van der Waals surface area contributed by atoms with Crippen LogP contribution >= 0.6 is 0 Å². The molecule has 162 valence electrons. The highest BCUT2D eigenvalue weighted by atomic mass is 19.1. The molecule has 1 fully saturated rings. The van der Waals surface area contributed by atoms with Crippen LogP contribution < -0.4 is 15.0 Å². The van der Waals surface area contributed by atoms with E-state index in [1.165, 1.54) is 12.1 Å². The van der Waals surface area contributed by atoms with Crippen LogP contribution in [0.15, 0.2) is 54.6 Å². The lowest BCUT2D eigenvalue weighted by Crippen LogP contribution is -2.48. The zero-order valence-electron chi connectivity index (χ0n) is 17.6. The van der Waals surface area contributed by atoms with Gasteiger partial charge < -0.3 is 15.0 Å². The van der Waals surface area contributed by atoms with Gasteiger partial charge in [0, 0.05) is 31.6 Å². The molecule has 3 aromatic rings. The van der Waals surface area contributed by atoms with Gasteiger partial charge in [0.15, 0.2) is 5.82 Å². The van der Waals surface area contributed by atoms with Gasteiger partial charge in [0.05, 0.1) is 12.8 Å². The van der Waals surface area contributed by atoms with Gasteiger partial charge in [-0.25, -0.2) is 4.39 Å². The van der Waals surface area contributed by atoms with E-state index in [0.717, 1.165) is 54.3 Å². The first-order valence-corrected chi connectivity index (χ1v) is 10.6. The Bertz CT molecular complexity index is 1020. The fourth-order valence-corrected chi connectivity index (χ4v) is 3.94. The predicted molar refractivity (Wildman–Crippen MR) is 119 cm³/mol. The minimum atomic E-state index is -0.260. The number of aromatic nitrogens is 2. The van der Waals surface area contributed by atoms with Crippen LogP contribution in [0.25, 0.3) is 11.3 Å². The molecule has 0 radical (unpaired) electrons. The van der Waals surface area contributed by atoms with Crippen LogP contribution in [0.2, 0.25) is 0 Å². The van der Waals surface area contributed by atoms with Gasteiger partial charge >= 0.3 is 0 Å². The number of halogens is 1. The van der Waals surface area contributed by atoms with Gasteiger partial charge in [0.2, 0.25) is 5.91 Å². The number of carbonyl (C=O) groups is 1. The average Bonchev–Trinajstić information content (AvgIpc) is 3.29.